The number of carbonyl (C=O) groups is 1. The summed E-state index contributed by atoms with van der Waals surface area (Å²) in [5.41, 5.74) is 3.86. The minimum absolute atomic E-state index is 0.0854. The van der Waals surface area contributed by atoms with Crippen molar-refractivity contribution in [2.75, 3.05) is 19.7 Å². The molecule has 8 nitrogen and oxygen atoms in total. The van der Waals surface area contributed by atoms with E-state index in [0.717, 1.165) is 29.8 Å². The summed E-state index contributed by atoms with van der Waals surface area (Å²) in [7, 11) is 0. The van der Waals surface area contributed by atoms with E-state index in [4.69, 9.17) is 4.74 Å². The van der Waals surface area contributed by atoms with Crippen molar-refractivity contribution in [2.24, 2.45) is 0 Å². The van der Waals surface area contributed by atoms with E-state index in [2.05, 4.69) is 21.1 Å². The second-order valence-corrected chi connectivity index (χ2v) is 7.59. The Bertz CT molecular complexity index is 1140. The summed E-state index contributed by atoms with van der Waals surface area (Å²) in [4.78, 5) is 23.4. The van der Waals surface area contributed by atoms with Crippen molar-refractivity contribution < 1.29 is 9.53 Å². The number of hydrogen-bond donors (Lipinski definition) is 0. The van der Waals surface area contributed by atoms with E-state index >= 15 is 0 Å². The van der Waals surface area contributed by atoms with Gasteiger partial charge in [-0.1, -0.05) is 6.07 Å². The first-order chi connectivity index (χ1) is 14.1. The number of carbonyl (C=O) groups excluding carboxylic acids is 1. The lowest BCUT2D eigenvalue weighted by Crippen LogP contribution is -2.42. The quantitative estimate of drug-likeness (QED) is 0.684. The number of aryl methyl sites for hydroxylation is 1. The Hall–Kier alpha value is -3.31. The van der Waals surface area contributed by atoms with E-state index in [1.54, 1.807) is 15.5 Å². The Morgan fingerprint density at radius 3 is 2.97 bits per heavy atom. The Kier molecular flexibility index (Phi) is 4.25. The van der Waals surface area contributed by atoms with Gasteiger partial charge in [-0.2, -0.15) is 19.9 Å². The molecule has 8 heteroatoms. The topological polar surface area (TPSA) is 96.4 Å². The van der Waals surface area contributed by atoms with Gasteiger partial charge in [-0.3, -0.25) is 4.79 Å². The number of amides is 1. The van der Waals surface area contributed by atoms with Crippen LogP contribution in [0.2, 0.25) is 0 Å². The van der Waals surface area contributed by atoms with Gasteiger partial charge in [0.2, 0.25) is 0 Å². The average Bonchev–Trinajstić information content (AvgIpc) is 3.49. The van der Waals surface area contributed by atoms with Crippen LogP contribution in [0.25, 0.3) is 5.78 Å². The first-order valence-electron chi connectivity index (χ1n) is 9.76. The molecule has 5 rings (SSSR count). The minimum Gasteiger partial charge on any atom is -0.368 e. The van der Waals surface area contributed by atoms with Crippen LogP contribution in [0, 0.1) is 18.3 Å². The normalized spacial score (nSPS) is 19.3. The Balaban J connectivity index is 1.41. The molecule has 0 unspecified atom stereocenters. The number of morpholine rings is 1. The van der Waals surface area contributed by atoms with Gasteiger partial charge in [0.25, 0.3) is 11.7 Å². The Morgan fingerprint density at radius 2 is 2.17 bits per heavy atom. The molecule has 0 radical (unpaired) electrons. The van der Waals surface area contributed by atoms with Crippen molar-refractivity contribution in [3.63, 3.8) is 0 Å². The summed E-state index contributed by atoms with van der Waals surface area (Å²) in [5, 5.41) is 13.7. The SMILES string of the molecule is Cc1cc([C@@H]2CN(C(=O)c3ccc(C4CC4)c(C#N)c3)CCO2)n2ncnc2n1. The molecule has 1 aliphatic carbocycles. The van der Waals surface area contributed by atoms with Crippen molar-refractivity contribution in [3.8, 4) is 6.07 Å². The fourth-order valence-corrected chi connectivity index (χ4v) is 3.92. The summed E-state index contributed by atoms with van der Waals surface area (Å²) < 4.78 is 7.61. The Labute approximate surface area is 167 Å². The molecule has 3 heterocycles. The number of aromatic nitrogens is 4. The first-order valence-corrected chi connectivity index (χ1v) is 9.76. The van der Waals surface area contributed by atoms with Crippen LogP contribution in [0.5, 0.6) is 0 Å². The smallest absolute Gasteiger partial charge is 0.254 e. The van der Waals surface area contributed by atoms with Crippen LogP contribution in [0.1, 0.15) is 57.7 Å². The van der Waals surface area contributed by atoms with Gasteiger partial charge < -0.3 is 9.64 Å². The van der Waals surface area contributed by atoms with Crippen LogP contribution in [0.15, 0.2) is 30.6 Å². The third kappa shape index (κ3) is 3.23. The van der Waals surface area contributed by atoms with Crippen molar-refractivity contribution in [1.82, 2.24) is 24.5 Å². The molecular formula is C21H20N6O2. The maximum absolute atomic E-state index is 13.1. The fraction of sp³-hybridized carbons (Fsp3) is 0.381. The number of fused-ring (bicyclic) bond motifs is 1. The molecule has 1 atom stereocenters. The number of hydrogen-bond acceptors (Lipinski definition) is 6. The van der Waals surface area contributed by atoms with Crippen LogP contribution in [0.4, 0.5) is 0 Å². The van der Waals surface area contributed by atoms with E-state index in [1.807, 2.05) is 25.1 Å². The van der Waals surface area contributed by atoms with Crippen molar-refractivity contribution in [1.29, 1.82) is 5.26 Å². The van der Waals surface area contributed by atoms with Crippen molar-refractivity contribution in [2.45, 2.75) is 31.8 Å². The molecule has 2 aliphatic rings. The largest absolute Gasteiger partial charge is 0.368 e. The number of benzene rings is 1. The zero-order valence-electron chi connectivity index (χ0n) is 16.1. The lowest BCUT2D eigenvalue weighted by Gasteiger charge is -2.33. The Morgan fingerprint density at radius 1 is 1.31 bits per heavy atom. The number of nitrogens with zero attached hydrogens (tertiary/aromatic N) is 6. The molecule has 1 aliphatic heterocycles. The first kappa shape index (κ1) is 17.8. The van der Waals surface area contributed by atoms with Crippen molar-refractivity contribution in [3.05, 3.63) is 58.7 Å². The lowest BCUT2D eigenvalue weighted by atomic mass is 10.0. The predicted molar refractivity (Wildman–Crippen MR) is 103 cm³/mol. The number of nitriles is 1. The standard InChI is InChI=1S/C21H20N6O2/c1-13-8-18(27-21(25-13)23-12-24-27)19-11-26(6-7-29-19)20(28)15-4-5-17(14-2-3-14)16(9-15)10-22/h4-5,8-9,12,14,19H,2-3,6-7,11H2,1H3/t19-/m0/s1. The van der Waals surface area contributed by atoms with Crippen LogP contribution in [-0.2, 0) is 4.74 Å². The van der Waals surface area contributed by atoms with Crippen molar-refractivity contribution >= 4 is 11.7 Å². The van der Waals surface area contributed by atoms with Crippen LogP contribution in [0.3, 0.4) is 0 Å². The van der Waals surface area contributed by atoms with Gasteiger partial charge >= 0.3 is 0 Å². The maximum atomic E-state index is 13.1. The summed E-state index contributed by atoms with van der Waals surface area (Å²) in [6, 6.07) is 9.67. The molecule has 1 aromatic carbocycles. The predicted octanol–water partition coefficient (Wildman–Crippen LogP) is 2.40. The third-order valence-electron chi connectivity index (χ3n) is 5.53. The summed E-state index contributed by atoms with van der Waals surface area (Å²) in [6.07, 6.45) is 3.38. The molecule has 0 spiro atoms. The van der Waals surface area contributed by atoms with Gasteiger partial charge in [-0.25, -0.2) is 4.98 Å². The molecule has 1 amide bonds. The highest BCUT2D eigenvalue weighted by atomic mass is 16.5. The molecular weight excluding hydrogens is 368 g/mol. The van der Waals surface area contributed by atoms with Gasteiger partial charge in [0.05, 0.1) is 30.5 Å². The van der Waals surface area contributed by atoms with Gasteiger partial charge in [-0.05, 0) is 49.4 Å². The zero-order valence-corrected chi connectivity index (χ0v) is 16.1. The van der Waals surface area contributed by atoms with Crippen LogP contribution >= 0.6 is 0 Å². The second kappa shape index (κ2) is 6.94. The lowest BCUT2D eigenvalue weighted by molar-refractivity contribution is -0.0257. The van der Waals surface area contributed by atoms with E-state index in [9.17, 15) is 10.1 Å². The molecule has 1 saturated carbocycles. The second-order valence-electron chi connectivity index (χ2n) is 7.59. The van der Waals surface area contributed by atoms with Gasteiger partial charge in [-0.15, -0.1) is 0 Å². The van der Waals surface area contributed by atoms with E-state index in [1.165, 1.54) is 6.33 Å². The molecule has 1 saturated heterocycles. The molecule has 2 fully saturated rings. The molecule has 146 valence electrons. The molecule has 29 heavy (non-hydrogen) atoms. The molecule has 0 bridgehead atoms. The highest BCUT2D eigenvalue weighted by Gasteiger charge is 2.30. The third-order valence-corrected chi connectivity index (χ3v) is 5.53. The highest BCUT2D eigenvalue weighted by molar-refractivity contribution is 5.94. The maximum Gasteiger partial charge on any atom is 0.254 e. The molecule has 0 N–H and O–H groups in total. The van der Waals surface area contributed by atoms with E-state index < -0.39 is 0 Å². The average molecular weight is 388 g/mol. The van der Waals surface area contributed by atoms with Crippen LogP contribution < -0.4 is 0 Å². The number of rotatable bonds is 3. The number of ether oxygens (including phenoxy) is 1. The summed E-state index contributed by atoms with van der Waals surface area (Å²) in [6.45, 7) is 3.24. The van der Waals surface area contributed by atoms with E-state index in [-0.39, 0.29) is 12.0 Å². The molecule has 3 aromatic rings. The molecule has 2 aromatic heterocycles. The van der Waals surface area contributed by atoms with Gasteiger partial charge in [0.1, 0.15) is 12.4 Å². The van der Waals surface area contributed by atoms with E-state index in [0.29, 0.717) is 42.5 Å². The monoisotopic (exact) mass is 388 g/mol. The van der Waals surface area contributed by atoms with Gasteiger partial charge in [0.15, 0.2) is 0 Å². The minimum atomic E-state index is -0.320. The summed E-state index contributed by atoms with van der Waals surface area (Å²) in [5.74, 6) is 0.903. The zero-order chi connectivity index (χ0) is 20.0. The van der Waals surface area contributed by atoms with Gasteiger partial charge in [0, 0.05) is 17.8 Å². The fourth-order valence-electron chi connectivity index (χ4n) is 3.92. The summed E-state index contributed by atoms with van der Waals surface area (Å²) >= 11 is 0. The van der Waals surface area contributed by atoms with Crippen LogP contribution in [-0.4, -0.2) is 50.1 Å². The highest BCUT2D eigenvalue weighted by Crippen LogP contribution is 2.41.